The molecule has 0 aliphatic rings. The van der Waals surface area contributed by atoms with Crippen LogP contribution in [0.25, 0.3) is 16.7 Å². The highest BCUT2D eigenvalue weighted by Gasteiger charge is 2.36. The molecule has 108 valence electrons. The van der Waals surface area contributed by atoms with Gasteiger partial charge in [-0.15, -0.1) is 0 Å². The number of alkyl halides is 3. The van der Waals surface area contributed by atoms with Crippen LogP contribution in [0.1, 0.15) is 5.82 Å². The molecule has 4 nitrogen and oxygen atoms in total. The zero-order valence-electron chi connectivity index (χ0n) is 10.1. The first-order valence-electron chi connectivity index (χ1n) is 5.60. The Bertz CT molecular complexity index is 829. The minimum absolute atomic E-state index is 0.0374. The summed E-state index contributed by atoms with van der Waals surface area (Å²) in [6.45, 7) is 0. The van der Waals surface area contributed by atoms with Gasteiger partial charge in [-0.1, -0.05) is 29.3 Å². The highest BCUT2D eigenvalue weighted by atomic mass is 35.5. The largest absolute Gasteiger partial charge is 0.451 e. The van der Waals surface area contributed by atoms with Crippen molar-refractivity contribution in [1.82, 2.24) is 19.7 Å². The number of hydrogen-bond acceptors (Lipinski definition) is 3. The van der Waals surface area contributed by atoms with Gasteiger partial charge in [0.15, 0.2) is 5.65 Å². The third kappa shape index (κ3) is 2.54. The lowest BCUT2D eigenvalue weighted by molar-refractivity contribution is -0.144. The number of fused-ring (bicyclic) bond motifs is 1. The molecular formula is C12H5Cl2F3N4. The fourth-order valence-corrected chi connectivity index (χ4v) is 2.20. The molecule has 0 atom stereocenters. The van der Waals surface area contributed by atoms with Crippen molar-refractivity contribution in [2.24, 2.45) is 0 Å². The molecule has 3 rings (SSSR count). The molecule has 0 aliphatic carbocycles. The molecule has 0 aliphatic heterocycles. The summed E-state index contributed by atoms with van der Waals surface area (Å²) in [4.78, 5) is 6.76. The van der Waals surface area contributed by atoms with Gasteiger partial charge < -0.3 is 0 Å². The molecule has 9 heteroatoms. The maximum absolute atomic E-state index is 12.8. The molecule has 0 fully saturated rings. The Morgan fingerprint density at radius 2 is 1.86 bits per heavy atom. The zero-order valence-corrected chi connectivity index (χ0v) is 11.6. The third-order valence-corrected chi connectivity index (χ3v) is 3.21. The summed E-state index contributed by atoms with van der Waals surface area (Å²) in [5, 5.41) is 4.34. The number of hydrogen-bond donors (Lipinski definition) is 0. The number of aromatic nitrogens is 4. The summed E-state index contributed by atoms with van der Waals surface area (Å²) in [5.74, 6) is -1.32. The van der Waals surface area contributed by atoms with E-state index in [0.29, 0.717) is 10.7 Å². The summed E-state index contributed by atoms with van der Waals surface area (Å²) in [6.07, 6.45) is -3.39. The van der Waals surface area contributed by atoms with E-state index in [1.807, 2.05) is 0 Å². The lowest BCUT2D eigenvalue weighted by Crippen LogP contribution is -2.12. The van der Waals surface area contributed by atoms with Crippen LogP contribution >= 0.6 is 23.2 Å². The van der Waals surface area contributed by atoms with Gasteiger partial charge in [0.2, 0.25) is 5.82 Å². The van der Waals surface area contributed by atoms with E-state index in [1.165, 1.54) is 10.9 Å². The van der Waals surface area contributed by atoms with Crippen LogP contribution in [-0.4, -0.2) is 19.7 Å². The molecule has 0 unspecified atom stereocenters. The van der Waals surface area contributed by atoms with E-state index in [9.17, 15) is 13.2 Å². The molecule has 2 heterocycles. The first kappa shape index (κ1) is 14.1. The Hall–Kier alpha value is -1.86. The SMILES string of the molecule is FC(F)(F)c1nc(Cl)c2cnn(-c3cccc(Cl)c3)c2n1. The summed E-state index contributed by atoms with van der Waals surface area (Å²) in [5.41, 5.74) is 0.435. The topological polar surface area (TPSA) is 43.6 Å². The third-order valence-electron chi connectivity index (χ3n) is 2.69. The smallest absolute Gasteiger partial charge is 0.215 e. The van der Waals surface area contributed by atoms with Crippen LogP contribution in [0.4, 0.5) is 13.2 Å². The van der Waals surface area contributed by atoms with Gasteiger partial charge in [-0.05, 0) is 18.2 Å². The van der Waals surface area contributed by atoms with Gasteiger partial charge >= 0.3 is 6.18 Å². The molecule has 0 radical (unpaired) electrons. The summed E-state index contributed by atoms with van der Waals surface area (Å²) in [7, 11) is 0. The van der Waals surface area contributed by atoms with Gasteiger partial charge in [-0.3, -0.25) is 0 Å². The summed E-state index contributed by atoms with van der Waals surface area (Å²) in [6, 6.07) is 6.48. The maximum atomic E-state index is 12.8. The Labute approximate surface area is 126 Å². The second-order valence-corrected chi connectivity index (χ2v) is 4.90. The molecule has 0 N–H and O–H groups in total. The van der Waals surface area contributed by atoms with E-state index in [0.717, 1.165) is 0 Å². The number of halogens is 5. The van der Waals surface area contributed by atoms with E-state index in [1.54, 1.807) is 24.3 Å². The van der Waals surface area contributed by atoms with Crippen LogP contribution in [0.2, 0.25) is 10.2 Å². The van der Waals surface area contributed by atoms with Crippen LogP contribution in [0.5, 0.6) is 0 Å². The van der Waals surface area contributed by atoms with Gasteiger partial charge in [-0.25, -0.2) is 14.6 Å². The summed E-state index contributed by atoms with van der Waals surface area (Å²) >= 11 is 11.6. The highest BCUT2D eigenvalue weighted by Crippen LogP contribution is 2.31. The van der Waals surface area contributed by atoms with E-state index in [2.05, 4.69) is 15.1 Å². The fraction of sp³-hybridized carbons (Fsp3) is 0.0833. The number of nitrogens with zero attached hydrogens (tertiary/aromatic N) is 4. The van der Waals surface area contributed by atoms with Crippen molar-refractivity contribution >= 4 is 34.2 Å². The minimum atomic E-state index is -4.69. The highest BCUT2D eigenvalue weighted by molar-refractivity contribution is 6.34. The predicted molar refractivity (Wildman–Crippen MR) is 71.7 cm³/mol. The van der Waals surface area contributed by atoms with Gasteiger partial charge in [0.1, 0.15) is 5.15 Å². The van der Waals surface area contributed by atoms with E-state index >= 15 is 0 Å². The van der Waals surface area contributed by atoms with Gasteiger partial charge in [0.25, 0.3) is 0 Å². The molecule has 21 heavy (non-hydrogen) atoms. The van der Waals surface area contributed by atoms with Crippen molar-refractivity contribution in [3.63, 3.8) is 0 Å². The zero-order chi connectivity index (χ0) is 15.2. The van der Waals surface area contributed by atoms with Crippen molar-refractivity contribution in [2.45, 2.75) is 6.18 Å². The van der Waals surface area contributed by atoms with Crippen LogP contribution in [0.3, 0.4) is 0 Å². The van der Waals surface area contributed by atoms with Crippen LogP contribution < -0.4 is 0 Å². The number of rotatable bonds is 1. The average Bonchev–Trinajstić information content (AvgIpc) is 2.82. The van der Waals surface area contributed by atoms with Crippen molar-refractivity contribution in [3.05, 3.63) is 46.5 Å². The van der Waals surface area contributed by atoms with Gasteiger partial charge in [0.05, 0.1) is 17.3 Å². The van der Waals surface area contributed by atoms with Crippen LogP contribution in [-0.2, 0) is 6.18 Å². The predicted octanol–water partition coefficient (Wildman–Crippen LogP) is 4.14. The minimum Gasteiger partial charge on any atom is -0.215 e. The first-order valence-corrected chi connectivity index (χ1v) is 6.36. The second kappa shape index (κ2) is 4.85. The second-order valence-electron chi connectivity index (χ2n) is 4.11. The van der Waals surface area contributed by atoms with Crippen LogP contribution in [0, 0.1) is 0 Å². The maximum Gasteiger partial charge on any atom is 0.451 e. The van der Waals surface area contributed by atoms with E-state index in [4.69, 9.17) is 23.2 Å². The van der Waals surface area contributed by atoms with Crippen molar-refractivity contribution in [1.29, 1.82) is 0 Å². The monoisotopic (exact) mass is 332 g/mol. The first-order chi connectivity index (χ1) is 9.86. The molecule has 0 saturated heterocycles. The Balaban J connectivity index is 2.28. The van der Waals surface area contributed by atoms with E-state index in [-0.39, 0.29) is 16.2 Å². The molecule has 1 aromatic carbocycles. The standard InChI is InChI=1S/C12H5Cl2F3N4/c13-6-2-1-3-7(4-6)21-10-8(5-18-21)9(14)19-11(20-10)12(15,16)17/h1-5H. The molecular weight excluding hydrogens is 328 g/mol. The van der Waals surface area contributed by atoms with E-state index < -0.39 is 12.0 Å². The average molecular weight is 333 g/mol. The van der Waals surface area contributed by atoms with Gasteiger partial charge in [-0.2, -0.15) is 18.3 Å². The Kier molecular flexibility index (Phi) is 3.26. The molecule has 0 spiro atoms. The fourth-order valence-electron chi connectivity index (χ4n) is 1.80. The molecule has 3 aromatic rings. The van der Waals surface area contributed by atoms with Crippen molar-refractivity contribution < 1.29 is 13.2 Å². The van der Waals surface area contributed by atoms with Gasteiger partial charge in [0, 0.05) is 5.02 Å². The van der Waals surface area contributed by atoms with Crippen molar-refractivity contribution in [2.75, 3.05) is 0 Å². The quantitative estimate of drug-likeness (QED) is 0.629. The Morgan fingerprint density at radius 3 is 2.52 bits per heavy atom. The molecule has 0 bridgehead atoms. The number of benzene rings is 1. The Morgan fingerprint density at radius 1 is 1.10 bits per heavy atom. The summed E-state index contributed by atoms with van der Waals surface area (Å²) < 4.78 is 39.5. The molecule has 2 aromatic heterocycles. The molecule has 0 amide bonds. The normalized spacial score (nSPS) is 12.0. The van der Waals surface area contributed by atoms with Crippen molar-refractivity contribution in [3.8, 4) is 5.69 Å². The lowest BCUT2D eigenvalue weighted by Gasteiger charge is -2.07. The molecule has 0 saturated carbocycles. The lowest BCUT2D eigenvalue weighted by atomic mass is 10.3. The van der Waals surface area contributed by atoms with Crippen LogP contribution in [0.15, 0.2) is 30.5 Å².